The van der Waals surface area contributed by atoms with E-state index in [2.05, 4.69) is 5.32 Å². The minimum atomic E-state index is -1.26. The number of amides is 3. The van der Waals surface area contributed by atoms with E-state index in [0.717, 1.165) is 6.07 Å². The van der Waals surface area contributed by atoms with Crippen LogP contribution in [0.2, 0.25) is 5.02 Å². The number of benzene rings is 1. The maximum absolute atomic E-state index is 12.0. The molecule has 0 unspecified atom stereocenters. The zero-order valence-electron chi connectivity index (χ0n) is 12.7. The molecule has 126 valence electrons. The van der Waals surface area contributed by atoms with E-state index in [0.29, 0.717) is 5.02 Å². The van der Waals surface area contributed by atoms with Gasteiger partial charge in [-0.25, -0.2) is 9.59 Å². The van der Waals surface area contributed by atoms with Crippen molar-refractivity contribution >= 4 is 40.5 Å². The summed E-state index contributed by atoms with van der Waals surface area (Å²) in [6.45, 7) is 1.27. The Morgan fingerprint density at radius 2 is 1.96 bits per heavy atom. The number of hydrogen-bond acceptors (Lipinski definition) is 6. The Labute approximate surface area is 140 Å². The number of imide groups is 1. The molecular weight excluding hydrogens is 340 g/mol. The van der Waals surface area contributed by atoms with Crippen LogP contribution in [-0.4, -0.2) is 31.1 Å². The summed E-state index contributed by atoms with van der Waals surface area (Å²) in [4.78, 5) is 46.7. The fourth-order valence-corrected chi connectivity index (χ4v) is 1.95. The van der Waals surface area contributed by atoms with Gasteiger partial charge in [0.25, 0.3) is 5.91 Å². The van der Waals surface area contributed by atoms with Crippen molar-refractivity contribution in [2.24, 2.45) is 0 Å². The summed E-state index contributed by atoms with van der Waals surface area (Å²) in [6, 6.07) is 4.57. The number of ether oxygens (including phenoxy) is 1. The molecule has 0 saturated heterocycles. The predicted octanol–water partition coefficient (Wildman–Crippen LogP) is 1.45. The first kappa shape index (κ1) is 17.5. The molecule has 0 aliphatic rings. The topological polar surface area (TPSA) is 115 Å². The molecule has 24 heavy (non-hydrogen) atoms. The van der Waals surface area contributed by atoms with Crippen molar-refractivity contribution in [2.75, 3.05) is 7.05 Å². The van der Waals surface area contributed by atoms with Crippen LogP contribution < -0.4 is 16.1 Å². The van der Waals surface area contributed by atoms with Crippen LogP contribution in [-0.2, 0) is 9.53 Å². The number of hydrogen-bond donors (Lipinski definition) is 2. The number of esters is 1. The van der Waals surface area contributed by atoms with Crippen molar-refractivity contribution in [3.05, 3.63) is 45.3 Å². The van der Waals surface area contributed by atoms with E-state index in [-0.39, 0.29) is 16.7 Å². The Morgan fingerprint density at radius 3 is 2.62 bits per heavy atom. The Morgan fingerprint density at radius 1 is 1.25 bits per heavy atom. The number of rotatable bonds is 3. The summed E-state index contributed by atoms with van der Waals surface area (Å²) < 4.78 is 10.2. The lowest BCUT2D eigenvalue weighted by atomic mass is 10.2. The van der Waals surface area contributed by atoms with E-state index in [1.165, 1.54) is 32.2 Å². The average molecular weight is 353 g/mol. The molecular formula is C15H13ClN2O6. The minimum Gasteiger partial charge on any atom is -0.449 e. The largest absolute Gasteiger partial charge is 0.449 e. The van der Waals surface area contributed by atoms with Crippen LogP contribution >= 0.6 is 11.6 Å². The molecule has 1 heterocycles. The quantitative estimate of drug-likeness (QED) is 0.808. The number of carbonyl (C=O) groups is 3. The van der Waals surface area contributed by atoms with Gasteiger partial charge in [-0.3, -0.25) is 14.9 Å². The average Bonchev–Trinajstić information content (AvgIpc) is 2.54. The summed E-state index contributed by atoms with van der Waals surface area (Å²) in [5.41, 5.74) is -0.325. The number of halogens is 1. The van der Waals surface area contributed by atoms with E-state index < -0.39 is 29.4 Å². The zero-order chi connectivity index (χ0) is 17.9. The highest BCUT2D eigenvalue weighted by Gasteiger charge is 2.22. The van der Waals surface area contributed by atoms with Crippen LogP contribution in [0, 0.1) is 0 Å². The molecule has 2 aromatic rings. The predicted molar refractivity (Wildman–Crippen MR) is 85.0 cm³/mol. The molecule has 0 spiro atoms. The fraction of sp³-hybridized carbons (Fsp3) is 0.200. The van der Waals surface area contributed by atoms with Crippen LogP contribution in [0.1, 0.15) is 17.5 Å². The van der Waals surface area contributed by atoms with Crippen molar-refractivity contribution in [3.63, 3.8) is 0 Å². The van der Waals surface area contributed by atoms with Gasteiger partial charge in [-0.05, 0) is 25.1 Å². The molecule has 1 aromatic carbocycles. The van der Waals surface area contributed by atoms with Gasteiger partial charge in [-0.15, -0.1) is 0 Å². The molecule has 0 bridgehead atoms. The minimum absolute atomic E-state index is 0.154. The second-order valence-electron chi connectivity index (χ2n) is 4.73. The van der Waals surface area contributed by atoms with Crippen LogP contribution in [0.5, 0.6) is 0 Å². The lowest BCUT2D eigenvalue weighted by molar-refractivity contribution is -0.128. The van der Waals surface area contributed by atoms with E-state index in [1.807, 2.05) is 5.32 Å². The number of urea groups is 1. The standard InChI is InChI=1S/C15H13ClN2O6/c1-7(13(20)18-15(22)17-2)23-14(21)12-6-10(19)9-5-8(16)3-4-11(9)24-12/h3-7H,1-2H3,(H2,17,18,20,22)/t7-/m1/s1. The first-order valence-electron chi connectivity index (χ1n) is 6.78. The third-order valence-corrected chi connectivity index (χ3v) is 3.24. The van der Waals surface area contributed by atoms with E-state index in [1.54, 1.807) is 0 Å². The number of nitrogens with one attached hydrogen (secondary N) is 2. The van der Waals surface area contributed by atoms with Crippen molar-refractivity contribution in [1.82, 2.24) is 10.6 Å². The molecule has 0 aliphatic carbocycles. The molecule has 1 atom stereocenters. The normalized spacial score (nSPS) is 11.6. The van der Waals surface area contributed by atoms with Gasteiger partial charge in [0.15, 0.2) is 11.5 Å². The lowest BCUT2D eigenvalue weighted by Crippen LogP contribution is -2.43. The van der Waals surface area contributed by atoms with E-state index in [4.69, 9.17) is 20.8 Å². The molecule has 9 heteroatoms. The van der Waals surface area contributed by atoms with Gasteiger partial charge < -0.3 is 14.5 Å². The molecule has 0 saturated carbocycles. The van der Waals surface area contributed by atoms with Gasteiger partial charge in [0, 0.05) is 18.1 Å². The molecule has 2 rings (SSSR count). The van der Waals surface area contributed by atoms with E-state index in [9.17, 15) is 19.2 Å². The molecule has 0 aliphatic heterocycles. The molecule has 3 amide bonds. The summed E-state index contributed by atoms with van der Waals surface area (Å²) in [5, 5.41) is 4.71. The third-order valence-electron chi connectivity index (χ3n) is 3.01. The first-order valence-corrected chi connectivity index (χ1v) is 7.16. The van der Waals surface area contributed by atoms with Crippen LogP contribution in [0.15, 0.2) is 33.5 Å². The summed E-state index contributed by atoms with van der Waals surface area (Å²) in [7, 11) is 1.33. The van der Waals surface area contributed by atoms with Gasteiger partial charge in [-0.2, -0.15) is 0 Å². The van der Waals surface area contributed by atoms with Crippen LogP contribution in [0.3, 0.4) is 0 Å². The van der Waals surface area contributed by atoms with E-state index >= 15 is 0 Å². The van der Waals surface area contributed by atoms with Gasteiger partial charge in [0.1, 0.15) is 5.58 Å². The van der Waals surface area contributed by atoms with Crippen LogP contribution in [0.4, 0.5) is 4.79 Å². The van der Waals surface area contributed by atoms with Gasteiger partial charge in [0.2, 0.25) is 5.76 Å². The highest BCUT2D eigenvalue weighted by Crippen LogP contribution is 2.18. The van der Waals surface area contributed by atoms with Gasteiger partial charge in [0.05, 0.1) is 5.39 Å². The maximum atomic E-state index is 12.0. The van der Waals surface area contributed by atoms with Crippen molar-refractivity contribution < 1.29 is 23.5 Å². The van der Waals surface area contributed by atoms with Crippen molar-refractivity contribution in [2.45, 2.75) is 13.0 Å². The first-order chi connectivity index (χ1) is 11.3. The van der Waals surface area contributed by atoms with Gasteiger partial charge in [-0.1, -0.05) is 11.6 Å². The Bertz CT molecular complexity index is 876. The van der Waals surface area contributed by atoms with Crippen LogP contribution in [0.25, 0.3) is 11.0 Å². The second-order valence-corrected chi connectivity index (χ2v) is 5.17. The zero-order valence-corrected chi connectivity index (χ0v) is 13.5. The highest BCUT2D eigenvalue weighted by molar-refractivity contribution is 6.31. The monoisotopic (exact) mass is 352 g/mol. The highest BCUT2D eigenvalue weighted by atomic mass is 35.5. The SMILES string of the molecule is CNC(=O)NC(=O)[C@@H](C)OC(=O)c1cc(=O)c2cc(Cl)ccc2o1. The van der Waals surface area contributed by atoms with Crippen molar-refractivity contribution in [3.8, 4) is 0 Å². The smallest absolute Gasteiger partial charge is 0.375 e. The fourth-order valence-electron chi connectivity index (χ4n) is 1.78. The molecule has 8 nitrogen and oxygen atoms in total. The summed E-state index contributed by atoms with van der Waals surface area (Å²) in [6.07, 6.45) is -1.26. The Hall–Kier alpha value is -2.87. The second kappa shape index (κ2) is 7.14. The summed E-state index contributed by atoms with van der Waals surface area (Å²) in [5.74, 6) is -2.20. The maximum Gasteiger partial charge on any atom is 0.375 e. The number of fused-ring (bicyclic) bond motifs is 1. The van der Waals surface area contributed by atoms with Gasteiger partial charge >= 0.3 is 12.0 Å². The van der Waals surface area contributed by atoms with Crippen molar-refractivity contribution in [1.29, 1.82) is 0 Å². The lowest BCUT2D eigenvalue weighted by Gasteiger charge is -2.12. The summed E-state index contributed by atoms with van der Waals surface area (Å²) >= 11 is 5.80. The molecule has 2 N–H and O–H groups in total. The molecule has 0 fully saturated rings. The Kier molecular flexibility index (Phi) is 5.20. The Balaban J connectivity index is 2.19. The molecule has 0 radical (unpaired) electrons. The number of carbonyl (C=O) groups excluding carboxylic acids is 3. The molecule has 1 aromatic heterocycles. The third kappa shape index (κ3) is 3.90.